The van der Waals surface area contributed by atoms with E-state index in [0.29, 0.717) is 24.6 Å². The largest absolute Gasteiger partial charge is 0.479 e. The maximum Gasteiger partial charge on any atom is 0.267 e. The highest BCUT2D eigenvalue weighted by Gasteiger charge is 2.32. The summed E-state index contributed by atoms with van der Waals surface area (Å²) in [6, 6.07) is 4.60. The van der Waals surface area contributed by atoms with Crippen molar-refractivity contribution in [2.24, 2.45) is 0 Å². The Balaban J connectivity index is 2.48. The normalized spacial score (nSPS) is 18.3. The highest BCUT2D eigenvalue weighted by atomic mass is 32.2. The van der Waals surface area contributed by atoms with Crippen molar-refractivity contribution in [3.05, 3.63) is 18.2 Å². The molecular weight excluding hydrogens is 294 g/mol. The van der Waals surface area contributed by atoms with Gasteiger partial charge < -0.3 is 14.4 Å². The Morgan fingerprint density at radius 1 is 1.38 bits per heavy atom. The minimum Gasteiger partial charge on any atom is -0.479 e. The van der Waals surface area contributed by atoms with Crippen LogP contribution in [-0.4, -0.2) is 46.4 Å². The fourth-order valence-corrected chi connectivity index (χ4v) is 3.06. The van der Waals surface area contributed by atoms with Gasteiger partial charge in [0.25, 0.3) is 5.91 Å². The Bertz CT molecular complexity index is 641. The van der Waals surface area contributed by atoms with Gasteiger partial charge in [0.1, 0.15) is 5.75 Å². The van der Waals surface area contributed by atoms with Crippen molar-refractivity contribution < 1.29 is 22.7 Å². The number of ether oxygens (including phenoxy) is 2. The van der Waals surface area contributed by atoms with Gasteiger partial charge in [-0.3, -0.25) is 4.79 Å². The Hall–Kier alpha value is -1.60. The standard InChI is InChI=1S/C14H19NO5S/c1-4-21(17,18)11-5-6-13-12(9-11)15(7-8-19-3)14(16)10(2)20-13/h5-6,9-10H,4,7-8H2,1-3H3. The monoisotopic (exact) mass is 313 g/mol. The van der Waals surface area contributed by atoms with Gasteiger partial charge >= 0.3 is 0 Å². The SMILES string of the molecule is CCS(=O)(=O)c1ccc2c(c1)N(CCOC)C(=O)C(C)O2. The van der Waals surface area contributed by atoms with Gasteiger partial charge in [-0.2, -0.15) is 0 Å². The summed E-state index contributed by atoms with van der Waals surface area (Å²) in [5, 5.41) is 0. The molecule has 0 bridgehead atoms. The van der Waals surface area contributed by atoms with E-state index in [9.17, 15) is 13.2 Å². The maximum absolute atomic E-state index is 12.2. The van der Waals surface area contributed by atoms with Crippen molar-refractivity contribution in [2.45, 2.75) is 24.8 Å². The Labute approximate surface area is 124 Å². The van der Waals surface area contributed by atoms with E-state index in [1.165, 1.54) is 17.0 Å². The van der Waals surface area contributed by atoms with Crippen LogP contribution in [0.4, 0.5) is 5.69 Å². The predicted molar refractivity (Wildman–Crippen MR) is 78.5 cm³/mol. The lowest BCUT2D eigenvalue weighted by Gasteiger charge is -2.33. The quantitative estimate of drug-likeness (QED) is 0.818. The van der Waals surface area contributed by atoms with E-state index in [0.717, 1.165) is 0 Å². The number of nitrogens with zero attached hydrogens (tertiary/aromatic N) is 1. The number of carbonyl (C=O) groups is 1. The molecule has 0 spiro atoms. The number of anilines is 1. The molecule has 2 rings (SSSR count). The summed E-state index contributed by atoms with van der Waals surface area (Å²) < 4.78 is 34.5. The predicted octanol–water partition coefficient (Wildman–Crippen LogP) is 1.24. The number of benzene rings is 1. The number of carbonyl (C=O) groups excluding carboxylic acids is 1. The van der Waals surface area contributed by atoms with Crippen molar-refractivity contribution in [1.82, 2.24) is 0 Å². The molecular formula is C14H19NO5S. The molecule has 116 valence electrons. The van der Waals surface area contributed by atoms with E-state index >= 15 is 0 Å². The van der Waals surface area contributed by atoms with Crippen LogP contribution >= 0.6 is 0 Å². The lowest BCUT2D eigenvalue weighted by molar-refractivity contribution is -0.125. The summed E-state index contributed by atoms with van der Waals surface area (Å²) >= 11 is 0. The van der Waals surface area contributed by atoms with Gasteiger partial charge in [-0.25, -0.2) is 8.42 Å². The van der Waals surface area contributed by atoms with Crippen LogP contribution in [0.2, 0.25) is 0 Å². The molecule has 1 unspecified atom stereocenters. The first-order valence-corrected chi connectivity index (χ1v) is 8.39. The zero-order chi connectivity index (χ0) is 15.6. The Kier molecular flexibility index (Phi) is 4.53. The topological polar surface area (TPSA) is 72.9 Å². The van der Waals surface area contributed by atoms with E-state index in [-0.39, 0.29) is 16.6 Å². The van der Waals surface area contributed by atoms with Crippen molar-refractivity contribution in [3.63, 3.8) is 0 Å². The van der Waals surface area contributed by atoms with Crippen LogP contribution < -0.4 is 9.64 Å². The Morgan fingerprint density at radius 2 is 2.10 bits per heavy atom. The number of hydrogen-bond acceptors (Lipinski definition) is 5. The molecule has 0 radical (unpaired) electrons. The van der Waals surface area contributed by atoms with Gasteiger partial charge in [0.05, 0.1) is 22.9 Å². The molecule has 1 amide bonds. The summed E-state index contributed by atoms with van der Waals surface area (Å²) in [5.41, 5.74) is 0.477. The number of hydrogen-bond donors (Lipinski definition) is 0. The van der Waals surface area contributed by atoms with E-state index in [1.54, 1.807) is 27.0 Å². The minimum absolute atomic E-state index is 0.00899. The number of fused-ring (bicyclic) bond motifs is 1. The molecule has 1 heterocycles. The minimum atomic E-state index is -3.33. The molecule has 1 aromatic rings. The second-order valence-electron chi connectivity index (χ2n) is 4.78. The molecule has 0 aromatic heterocycles. The number of methoxy groups -OCH3 is 1. The Morgan fingerprint density at radius 3 is 2.71 bits per heavy atom. The number of rotatable bonds is 5. The highest BCUT2D eigenvalue weighted by Crippen LogP contribution is 2.36. The molecule has 1 atom stereocenters. The van der Waals surface area contributed by atoms with Crippen LogP contribution in [0.1, 0.15) is 13.8 Å². The fraction of sp³-hybridized carbons (Fsp3) is 0.500. The van der Waals surface area contributed by atoms with Crippen LogP contribution in [0.5, 0.6) is 5.75 Å². The first kappa shape index (κ1) is 15.8. The maximum atomic E-state index is 12.2. The molecule has 0 fully saturated rings. The first-order valence-electron chi connectivity index (χ1n) is 6.74. The summed E-state index contributed by atoms with van der Waals surface area (Å²) in [6.45, 7) is 3.97. The number of amides is 1. The van der Waals surface area contributed by atoms with Crippen LogP contribution in [0.3, 0.4) is 0 Å². The molecule has 0 saturated heterocycles. The molecule has 0 saturated carbocycles. The van der Waals surface area contributed by atoms with Gasteiger partial charge in [0.2, 0.25) is 0 Å². The third-order valence-electron chi connectivity index (χ3n) is 3.40. The molecule has 1 aromatic carbocycles. The molecule has 0 aliphatic carbocycles. The van der Waals surface area contributed by atoms with E-state index in [4.69, 9.17) is 9.47 Å². The summed E-state index contributed by atoms with van der Waals surface area (Å²) in [7, 11) is -1.78. The molecule has 1 aliphatic heterocycles. The highest BCUT2D eigenvalue weighted by molar-refractivity contribution is 7.91. The van der Waals surface area contributed by atoms with E-state index < -0.39 is 15.9 Å². The molecule has 0 N–H and O–H groups in total. The van der Waals surface area contributed by atoms with Crippen molar-refractivity contribution in [2.75, 3.05) is 30.9 Å². The van der Waals surface area contributed by atoms with E-state index in [2.05, 4.69) is 0 Å². The summed E-state index contributed by atoms with van der Waals surface area (Å²) in [4.78, 5) is 13.9. The molecule has 1 aliphatic rings. The molecule has 21 heavy (non-hydrogen) atoms. The van der Waals surface area contributed by atoms with Crippen LogP contribution in [0, 0.1) is 0 Å². The van der Waals surface area contributed by atoms with Crippen molar-refractivity contribution in [1.29, 1.82) is 0 Å². The zero-order valence-electron chi connectivity index (χ0n) is 12.3. The second kappa shape index (κ2) is 6.03. The zero-order valence-corrected chi connectivity index (χ0v) is 13.1. The smallest absolute Gasteiger partial charge is 0.267 e. The first-order chi connectivity index (χ1) is 9.90. The third-order valence-corrected chi connectivity index (χ3v) is 5.13. The van der Waals surface area contributed by atoms with E-state index in [1.807, 2.05) is 0 Å². The van der Waals surface area contributed by atoms with Crippen LogP contribution in [0.25, 0.3) is 0 Å². The average molecular weight is 313 g/mol. The summed E-state index contributed by atoms with van der Waals surface area (Å²) in [6.07, 6.45) is -0.594. The average Bonchev–Trinajstić information content (AvgIpc) is 2.47. The lowest BCUT2D eigenvalue weighted by atomic mass is 10.2. The van der Waals surface area contributed by atoms with Crippen molar-refractivity contribution >= 4 is 21.4 Å². The van der Waals surface area contributed by atoms with Crippen LogP contribution in [0.15, 0.2) is 23.1 Å². The van der Waals surface area contributed by atoms with Crippen LogP contribution in [-0.2, 0) is 19.4 Å². The fourth-order valence-electron chi connectivity index (χ4n) is 2.16. The molecule has 6 nitrogen and oxygen atoms in total. The van der Waals surface area contributed by atoms with Gasteiger partial charge in [-0.15, -0.1) is 0 Å². The van der Waals surface area contributed by atoms with Gasteiger partial charge in [-0.1, -0.05) is 6.92 Å². The number of sulfone groups is 1. The summed E-state index contributed by atoms with van der Waals surface area (Å²) in [5.74, 6) is 0.313. The molecule has 7 heteroatoms. The van der Waals surface area contributed by atoms with Gasteiger partial charge in [0, 0.05) is 13.7 Å². The second-order valence-corrected chi connectivity index (χ2v) is 7.05. The lowest BCUT2D eigenvalue weighted by Crippen LogP contribution is -2.45. The van der Waals surface area contributed by atoms with Gasteiger partial charge in [-0.05, 0) is 25.1 Å². The van der Waals surface area contributed by atoms with Gasteiger partial charge in [0.15, 0.2) is 15.9 Å². The third kappa shape index (κ3) is 3.03. The van der Waals surface area contributed by atoms with Crippen molar-refractivity contribution in [3.8, 4) is 5.75 Å².